The number of nitrogens with one attached hydrogen (secondary N) is 1. The van der Waals surface area contributed by atoms with E-state index in [0.29, 0.717) is 0 Å². The van der Waals surface area contributed by atoms with Crippen LogP contribution in [0.3, 0.4) is 0 Å². The highest BCUT2D eigenvalue weighted by Crippen LogP contribution is 2.37. The number of rotatable bonds is 6. The number of amides is 1. The van der Waals surface area contributed by atoms with E-state index in [-0.39, 0.29) is 17.8 Å². The lowest BCUT2D eigenvalue weighted by Crippen LogP contribution is -2.30. The van der Waals surface area contributed by atoms with Crippen molar-refractivity contribution in [3.05, 3.63) is 77.9 Å². The predicted molar refractivity (Wildman–Crippen MR) is 104 cm³/mol. The van der Waals surface area contributed by atoms with Gasteiger partial charge in [0.1, 0.15) is 11.1 Å². The molecule has 1 aliphatic rings. The van der Waals surface area contributed by atoms with E-state index in [2.05, 4.69) is 10.3 Å². The Hall–Kier alpha value is -2.60. The van der Waals surface area contributed by atoms with Crippen molar-refractivity contribution in [1.82, 2.24) is 14.9 Å². The van der Waals surface area contributed by atoms with Crippen LogP contribution < -0.4 is 5.32 Å². The summed E-state index contributed by atoms with van der Waals surface area (Å²) in [5, 5.41) is 3.30. The molecule has 3 aromatic rings. The van der Waals surface area contributed by atoms with Gasteiger partial charge in [0, 0.05) is 18.4 Å². The number of para-hydroxylation sites is 1. The summed E-state index contributed by atoms with van der Waals surface area (Å²) in [6.07, 6.45) is 5.66. The van der Waals surface area contributed by atoms with Gasteiger partial charge in [0.2, 0.25) is 5.91 Å². The number of aryl methyl sites for hydroxylation is 1. The lowest BCUT2D eigenvalue weighted by Gasteiger charge is -2.18. The van der Waals surface area contributed by atoms with E-state index in [1.807, 2.05) is 42.0 Å². The lowest BCUT2D eigenvalue weighted by atomic mass is 10.1. The number of carbonyl (C=O) groups is 1. The molecular formula is C21H20FN3OS. The first-order chi connectivity index (χ1) is 13.1. The van der Waals surface area contributed by atoms with Crippen LogP contribution in [0.1, 0.15) is 29.2 Å². The second kappa shape index (κ2) is 7.56. The zero-order valence-corrected chi connectivity index (χ0v) is 15.7. The molecule has 0 saturated heterocycles. The molecule has 1 aliphatic carbocycles. The average molecular weight is 381 g/mol. The van der Waals surface area contributed by atoms with Gasteiger partial charge in [-0.25, -0.2) is 9.37 Å². The molecule has 2 aromatic carbocycles. The van der Waals surface area contributed by atoms with E-state index in [4.69, 9.17) is 0 Å². The number of aromatic nitrogens is 2. The first kappa shape index (κ1) is 17.8. The van der Waals surface area contributed by atoms with Gasteiger partial charge in [0.05, 0.1) is 5.69 Å². The van der Waals surface area contributed by atoms with E-state index >= 15 is 0 Å². The van der Waals surface area contributed by atoms with Gasteiger partial charge in [-0.15, -0.1) is 0 Å². The number of thioether (sulfide) groups is 1. The number of benzene rings is 2. The zero-order chi connectivity index (χ0) is 18.8. The highest BCUT2D eigenvalue weighted by molar-refractivity contribution is 8.00. The molecule has 1 N–H and O–H groups in total. The molecule has 1 atom stereocenters. The van der Waals surface area contributed by atoms with Crippen molar-refractivity contribution < 1.29 is 9.18 Å². The molecule has 4 nitrogen and oxygen atoms in total. The second-order valence-corrected chi connectivity index (χ2v) is 7.77. The first-order valence-corrected chi connectivity index (χ1v) is 9.81. The molecule has 4 rings (SSSR count). The summed E-state index contributed by atoms with van der Waals surface area (Å²) < 4.78 is 15.3. The third-order valence-electron chi connectivity index (χ3n) is 4.54. The Bertz CT molecular complexity index is 950. The Morgan fingerprint density at radius 3 is 2.67 bits per heavy atom. The Balaban J connectivity index is 1.66. The third-order valence-corrected chi connectivity index (χ3v) is 5.77. The van der Waals surface area contributed by atoms with Crippen LogP contribution in [0.4, 0.5) is 4.39 Å². The van der Waals surface area contributed by atoms with Crippen LogP contribution >= 0.6 is 11.8 Å². The van der Waals surface area contributed by atoms with Crippen LogP contribution in [0, 0.1) is 12.7 Å². The first-order valence-electron chi connectivity index (χ1n) is 8.93. The number of hydrogen-bond donors (Lipinski definition) is 1. The second-order valence-electron chi connectivity index (χ2n) is 6.70. The molecule has 27 heavy (non-hydrogen) atoms. The standard InChI is InChI=1S/C21H20FN3OS/c1-14-4-2-3-5-18(14)25-13-12-23-21(25)27-19(20(26)24-17-10-11-17)15-6-8-16(22)9-7-15/h2-9,12-13,17,19H,10-11H2,1H3,(H,24,26). The van der Waals surface area contributed by atoms with E-state index in [0.717, 1.165) is 34.8 Å². The van der Waals surface area contributed by atoms with E-state index in [1.54, 1.807) is 18.3 Å². The van der Waals surface area contributed by atoms with Crippen LogP contribution in [0.2, 0.25) is 0 Å². The van der Waals surface area contributed by atoms with Gasteiger partial charge in [0.15, 0.2) is 5.16 Å². The smallest absolute Gasteiger partial charge is 0.238 e. The Kier molecular flexibility index (Phi) is 4.99. The summed E-state index contributed by atoms with van der Waals surface area (Å²) in [5.74, 6) is -0.375. The Labute approximate surface area is 161 Å². The molecule has 138 valence electrons. The van der Waals surface area contributed by atoms with Gasteiger partial charge in [-0.1, -0.05) is 42.1 Å². The van der Waals surface area contributed by atoms with Crippen molar-refractivity contribution in [3.8, 4) is 5.69 Å². The average Bonchev–Trinajstić information content (AvgIpc) is 3.36. The molecule has 1 saturated carbocycles. The SMILES string of the molecule is Cc1ccccc1-n1ccnc1SC(C(=O)NC1CC1)c1ccc(F)cc1. The van der Waals surface area contributed by atoms with E-state index in [1.165, 1.54) is 23.9 Å². The molecular weight excluding hydrogens is 361 g/mol. The van der Waals surface area contributed by atoms with E-state index in [9.17, 15) is 9.18 Å². The third kappa shape index (κ3) is 4.06. The van der Waals surface area contributed by atoms with Crippen molar-refractivity contribution in [2.45, 2.75) is 36.2 Å². The van der Waals surface area contributed by atoms with Crippen LogP contribution in [-0.2, 0) is 4.79 Å². The molecule has 6 heteroatoms. The monoisotopic (exact) mass is 381 g/mol. The predicted octanol–water partition coefficient (Wildman–Crippen LogP) is 4.43. The number of nitrogens with zero attached hydrogens (tertiary/aromatic N) is 2. The minimum atomic E-state index is -0.489. The molecule has 0 bridgehead atoms. The molecule has 1 fully saturated rings. The normalized spacial score (nSPS) is 14.7. The summed E-state index contributed by atoms with van der Waals surface area (Å²) in [5.41, 5.74) is 2.91. The summed E-state index contributed by atoms with van der Waals surface area (Å²) in [6.45, 7) is 2.04. The van der Waals surface area contributed by atoms with Gasteiger partial charge < -0.3 is 5.32 Å². The van der Waals surface area contributed by atoms with Crippen molar-refractivity contribution in [2.75, 3.05) is 0 Å². The van der Waals surface area contributed by atoms with Gasteiger partial charge in [-0.3, -0.25) is 9.36 Å². The quantitative estimate of drug-likeness (QED) is 0.643. The highest BCUT2D eigenvalue weighted by Gasteiger charge is 2.30. The van der Waals surface area contributed by atoms with Crippen LogP contribution in [-0.4, -0.2) is 21.5 Å². The van der Waals surface area contributed by atoms with Crippen molar-refractivity contribution in [3.63, 3.8) is 0 Å². The topological polar surface area (TPSA) is 46.9 Å². The largest absolute Gasteiger partial charge is 0.352 e. The summed E-state index contributed by atoms with van der Waals surface area (Å²) >= 11 is 1.38. The molecule has 0 aliphatic heterocycles. The molecule has 1 amide bonds. The maximum absolute atomic E-state index is 13.4. The number of halogens is 1. The van der Waals surface area contributed by atoms with Gasteiger partial charge >= 0.3 is 0 Å². The lowest BCUT2D eigenvalue weighted by molar-refractivity contribution is -0.120. The fourth-order valence-corrected chi connectivity index (χ4v) is 3.99. The van der Waals surface area contributed by atoms with Crippen LogP contribution in [0.5, 0.6) is 0 Å². The van der Waals surface area contributed by atoms with E-state index < -0.39 is 5.25 Å². The maximum atomic E-state index is 13.4. The van der Waals surface area contributed by atoms with Crippen molar-refractivity contribution >= 4 is 17.7 Å². The number of carbonyl (C=O) groups excluding carboxylic acids is 1. The fraction of sp³-hybridized carbons (Fsp3) is 0.238. The molecule has 1 aromatic heterocycles. The summed E-state index contributed by atoms with van der Waals surface area (Å²) in [6, 6.07) is 14.4. The van der Waals surface area contributed by atoms with Crippen LogP contribution in [0.25, 0.3) is 5.69 Å². The Morgan fingerprint density at radius 2 is 1.96 bits per heavy atom. The molecule has 0 radical (unpaired) electrons. The number of hydrogen-bond acceptors (Lipinski definition) is 3. The van der Waals surface area contributed by atoms with Crippen molar-refractivity contribution in [2.24, 2.45) is 0 Å². The van der Waals surface area contributed by atoms with Gasteiger partial charge in [-0.2, -0.15) is 0 Å². The van der Waals surface area contributed by atoms with Crippen molar-refractivity contribution in [1.29, 1.82) is 0 Å². The number of imidazole rings is 1. The zero-order valence-electron chi connectivity index (χ0n) is 14.9. The summed E-state index contributed by atoms with van der Waals surface area (Å²) in [4.78, 5) is 17.3. The molecule has 0 spiro atoms. The molecule has 1 unspecified atom stereocenters. The van der Waals surface area contributed by atoms with Crippen LogP contribution in [0.15, 0.2) is 66.1 Å². The van der Waals surface area contributed by atoms with Gasteiger partial charge in [0.25, 0.3) is 0 Å². The summed E-state index contributed by atoms with van der Waals surface area (Å²) in [7, 11) is 0. The van der Waals surface area contributed by atoms with Gasteiger partial charge in [-0.05, 0) is 49.1 Å². The fourth-order valence-electron chi connectivity index (χ4n) is 2.91. The maximum Gasteiger partial charge on any atom is 0.238 e. The highest BCUT2D eigenvalue weighted by atomic mass is 32.2. The molecule has 1 heterocycles. The Morgan fingerprint density at radius 1 is 1.22 bits per heavy atom. The minimum Gasteiger partial charge on any atom is -0.352 e. The minimum absolute atomic E-state index is 0.0616.